The fourth-order valence-electron chi connectivity index (χ4n) is 1.21. The number of rotatable bonds is 3. The van der Waals surface area contributed by atoms with Gasteiger partial charge in [-0.3, -0.25) is 0 Å². The van der Waals surface area contributed by atoms with Crippen LogP contribution in [-0.2, 0) is 4.84 Å². The average molecular weight is 195 g/mol. The zero-order chi connectivity index (χ0) is 10.6. The van der Waals surface area contributed by atoms with Gasteiger partial charge < -0.3 is 4.84 Å². The molecule has 0 N–H and O–H groups in total. The first-order valence-electron chi connectivity index (χ1n) is 4.51. The van der Waals surface area contributed by atoms with Gasteiger partial charge in [-0.2, -0.15) is 0 Å². The van der Waals surface area contributed by atoms with E-state index in [1.54, 1.807) is 6.07 Å². The summed E-state index contributed by atoms with van der Waals surface area (Å²) in [6.45, 7) is 3.92. The smallest absolute Gasteiger partial charge is 0.127 e. The number of hydrogen-bond donors (Lipinski definition) is 0. The van der Waals surface area contributed by atoms with Crippen LogP contribution >= 0.6 is 0 Å². The van der Waals surface area contributed by atoms with Gasteiger partial charge in [0.2, 0.25) is 0 Å². The number of halogens is 1. The van der Waals surface area contributed by atoms with E-state index in [0.717, 1.165) is 5.56 Å². The van der Waals surface area contributed by atoms with Crippen LogP contribution in [0.3, 0.4) is 0 Å². The number of benzene rings is 1. The van der Waals surface area contributed by atoms with Crippen LogP contribution < -0.4 is 0 Å². The van der Waals surface area contributed by atoms with E-state index in [2.05, 4.69) is 9.99 Å². The van der Waals surface area contributed by atoms with Crippen LogP contribution in [0.1, 0.15) is 30.9 Å². The lowest BCUT2D eigenvalue weighted by molar-refractivity contribution is 0.215. The van der Waals surface area contributed by atoms with E-state index in [0.29, 0.717) is 5.56 Å². The average Bonchev–Trinajstić information content (AvgIpc) is 2.14. The lowest BCUT2D eigenvalue weighted by atomic mass is 10.0. The molecule has 1 rings (SSSR count). The van der Waals surface area contributed by atoms with E-state index in [1.165, 1.54) is 19.4 Å². The summed E-state index contributed by atoms with van der Waals surface area (Å²) in [4.78, 5) is 4.51. The summed E-state index contributed by atoms with van der Waals surface area (Å²) in [5, 5.41) is 3.57. The third-order valence-electron chi connectivity index (χ3n) is 1.95. The third kappa shape index (κ3) is 2.55. The largest absolute Gasteiger partial charge is 0.399 e. The van der Waals surface area contributed by atoms with Crippen LogP contribution in [0.5, 0.6) is 0 Å². The second kappa shape index (κ2) is 4.74. The van der Waals surface area contributed by atoms with Crippen molar-refractivity contribution in [3.63, 3.8) is 0 Å². The quantitative estimate of drug-likeness (QED) is 0.536. The normalized spacial score (nSPS) is 11.2. The van der Waals surface area contributed by atoms with Gasteiger partial charge in [0.25, 0.3) is 0 Å². The van der Waals surface area contributed by atoms with Gasteiger partial charge in [0, 0.05) is 0 Å². The van der Waals surface area contributed by atoms with Crippen molar-refractivity contribution in [3.05, 3.63) is 35.1 Å². The van der Waals surface area contributed by atoms with Crippen molar-refractivity contribution >= 4 is 6.21 Å². The Morgan fingerprint density at radius 1 is 1.43 bits per heavy atom. The van der Waals surface area contributed by atoms with Gasteiger partial charge in [-0.25, -0.2) is 4.39 Å². The summed E-state index contributed by atoms with van der Waals surface area (Å²) in [7, 11) is 1.45. The standard InChI is InChI=1S/C11H14FNO/c1-8(2)10-5-4-9(6-11(10)12)7-13-14-3/h4-8H,1-3H3/b13-7+. The van der Waals surface area contributed by atoms with Crippen molar-refractivity contribution in [3.8, 4) is 0 Å². The number of oxime groups is 1. The number of hydrogen-bond acceptors (Lipinski definition) is 2. The van der Waals surface area contributed by atoms with E-state index in [4.69, 9.17) is 0 Å². The lowest BCUT2D eigenvalue weighted by Crippen LogP contribution is -1.94. The molecule has 0 saturated heterocycles. The van der Waals surface area contributed by atoms with Gasteiger partial charge in [0.05, 0.1) is 6.21 Å². The summed E-state index contributed by atoms with van der Waals surface area (Å²) in [5.41, 5.74) is 1.42. The second-order valence-electron chi connectivity index (χ2n) is 3.35. The Labute approximate surface area is 83.4 Å². The molecule has 3 heteroatoms. The van der Waals surface area contributed by atoms with Crippen LogP contribution in [0.4, 0.5) is 4.39 Å². The van der Waals surface area contributed by atoms with Crippen molar-refractivity contribution in [1.82, 2.24) is 0 Å². The molecule has 0 aliphatic carbocycles. The third-order valence-corrected chi connectivity index (χ3v) is 1.95. The summed E-state index contributed by atoms with van der Waals surface area (Å²) in [6, 6.07) is 5.05. The van der Waals surface area contributed by atoms with Gasteiger partial charge in [-0.05, 0) is 23.1 Å². The zero-order valence-corrected chi connectivity index (χ0v) is 8.62. The summed E-state index contributed by atoms with van der Waals surface area (Å²) >= 11 is 0. The van der Waals surface area contributed by atoms with Gasteiger partial charge >= 0.3 is 0 Å². The minimum atomic E-state index is -0.194. The monoisotopic (exact) mass is 195 g/mol. The maximum atomic E-state index is 13.4. The second-order valence-corrected chi connectivity index (χ2v) is 3.35. The maximum Gasteiger partial charge on any atom is 0.127 e. The Morgan fingerprint density at radius 3 is 2.64 bits per heavy atom. The van der Waals surface area contributed by atoms with Gasteiger partial charge in [-0.15, -0.1) is 0 Å². The van der Waals surface area contributed by atoms with Crippen molar-refractivity contribution < 1.29 is 9.23 Å². The Bertz CT molecular complexity index is 334. The van der Waals surface area contributed by atoms with Gasteiger partial charge in [-0.1, -0.05) is 31.1 Å². The highest BCUT2D eigenvalue weighted by Crippen LogP contribution is 2.18. The predicted octanol–water partition coefficient (Wildman–Crippen LogP) is 2.93. The molecule has 0 aliphatic rings. The van der Waals surface area contributed by atoms with Gasteiger partial charge in [0.1, 0.15) is 12.9 Å². The molecule has 0 heterocycles. The zero-order valence-electron chi connectivity index (χ0n) is 8.62. The summed E-state index contributed by atoms with van der Waals surface area (Å²) in [5.74, 6) is 0.00321. The topological polar surface area (TPSA) is 21.6 Å². The molecule has 0 amide bonds. The lowest BCUT2D eigenvalue weighted by Gasteiger charge is -2.06. The first kappa shape index (κ1) is 10.7. The summed E-state index contributed by atoms with van der Waals surface area (Å²) < 4.78 is 13.4. The highest BCUT2D eigenvalue weighted by molar-refractivity contribution is 5.79. The number of nitrogens with zero attached hydrogens (tertiary/aromatic N) is 1. The molecule has 1 aromatic rings. The molecule has 1 aromatic carbocycles. The minimum absolute atomic E-state index is 0.194. The molecular formula is C11H14FNO. The molecule has 76 valence electrons. The molecule has 0 aliphatic heterocycles. The maximum absolute atomic E-state index is 13.4. The predicted molar refractivity (Wildman–Crippen MR) is 55.1 cm³/mol. The first-order chi connectivity index (χ1) is 6.65. The van der Waals surface area contributed by atoms with Crippen molar-refractivity contribution in [2.45, 2.75) is 19.8 Å². The fourth-order valence-corrected chi connectivity index (χ4v) is 1.21. The molecule has 0 aromatic heterocycles. The van der Waals surface area contributed by atoms with Crippen LogP contribution in [-0.4, -0.2) is 13.3 Å². The van der Waals surface area contributed by atoms with E-state index < -0.39 is 0 Å². The highest BCUT2D eigenvalue weighted by Gasteiger charge is 2.05. The van der Waals surface area contributed by atoms with E-state index >= 15 is 0 Å². The van der Waals surface area contributed by atoms with Crippen molar-refractivity contribution in [1.29, 1.82) is 0 Å². The molecule has 0 saturated carbocycles. The van der Waals surface area contributed by atoms with E-state index in [9.17, 15) is 4.39 Å². The Hall–Kier alpha value is -1.38. The van der Waals surface area contributed by atoms with Crippen molar-refractivity contribution in [2.75, 3.05) is 7.11 Å². The first-order valence-corrected chi connectivity index (χ1v) is 4.51. The minimum Gasteiger partial charge on any atom is -0.399 e. The molecule has 0 radical (unpaired) electrons. The van der Waals surface area contributed by atoms with Crippen LogP contribution in [0.25, 0.3) is 0 Å². The SMILES string of the molecule is CO/N=C/c1ccc(C(C)C)c(F)c1. The molecule has 14 heavy (non-hydrogen) atoms. The molecule has 0 bridgehead atoms. The Kier molecular flexibility index (Phi) is 3.63. The molecule has 0 atom stereocenters. The molecule has 0 unspecified atom stereocenters. The molecule has 0 fully saturated rings. The molecule has 0 spiro atoms. The van der Waals surface area contributed by atoms with Crippen LogP contribution in [0, 0.1) is 5.82 Å². The van der Waals surface area contributed by atoms with E-state index in [-0.39, 0.29) is 11.7 Å². The molecule has 2 nitrogen and oxygen atoms in total. The van der Waals surface area contributed by atoms with Gasteiger partial charge in [0.15, 0.2) is 0 Å². The van der Waals surface area contributed by atoms with E-state index in [1.807, 2.05) is 19.9 Å². The molecular weight excluding hydrogens is 181 g/mol. The highest BCUT2D eigenvalue weighted by atomic mass is 19.1. The van der Waals surface area contributed by atoms with Crippen LogP contribution in [0.15, 0.2) is 23.4 Å². The Balaban J connectivity index is 2.94. The fraction of sp³-hybridized carbons (Fsp3) is 0.364. The van der Waals surface area contributed by atoms with Crippen LogP contribution in [0.2, 0.25) is 0 Å². The Morgan fingerprint density at radius 2 is 2.14 bits per heavy atom. The van der Waals surface area contributed by atoms with Crippen molar-refractivity contribution in [2.24, 2.45) is 5.16 Å². The summed E-state index contributed by atoms with van der Waals surface area (Å²) in [6.07, 6.45) is 1.48.